The standard InChI is InChI=1S/C46H32N2/c1-3-16-37(17-4-1)47(39-30-28-34(29-31-39)36-27-26-33-14-7-8-15-35(33)32-36)43-23-11-9-20-40(43)41-22-13-25-45-46(41)42-21-10-12-24-44(42)48(45)38-18-5-2-6-19-38/h1-32H/i7D,8D,14D,15D,26D,27D,32D. The number of hydrogen-bond donors (Lipinski definition) is 0. The highest BCUT2D eigenvalue weighted by Gasteiger charge is 2.21. The number of rotatable bonds is 6. The Morgan fingerprint density at radius 1 is 0.458 bits per heavy atom. The van der Waals surface area contributed by atoms with E-state index in [4.69, 9.17) is 9.60 Å². The van der Waals surface area contributed by atoms with Crippen molar-refractivity contribution in [2.45, 2.75) is 0 Å². The van der Waals surface area contributed by atoms with Crippen LogP contribution in [0.4, 0.5) is 17.1 Å². The maximum atomic E-state index is 9.07. The van der Waals surface area contributed by atoms with E-state index in [0.717, 1.165) is 55.7 Å². The molecule has 0 unspecified atom stereocenters. The predicted octanol–water partition coefficient (Wildman–Crippen LogP) is 12.7. The lowest BCUT2D eigenvalue weighted by Crippen LogP contribution is -2.11. The SMILES string of the molecule is [2H]c1c([2H])c([2H])c2c([2H])c(-c3ccc(N(c4ccccc4)c4ccccc4-c4cccc5c4c4ccccc4n5-c4ccccc4)cc3)c([2H])c([2H])c2c1[2H]. The van der Waals surface area contributed by atoms with Crippen LogP contribution in [0.25, 0.3) is 60.5 Å². The summed E-state index contributed by atoms with van der Waals surface area (Å²) in [5, 5.41) is 2.11. The zero-order chi connectivity index (χ0) is 38.0. The van der Waals surface area contributed by atoms with Crippen LogP contribution < -0.4 is 4.90 Å². The number of benzene rings is 8. The van der Waals surface area contributed by atoms with E-state index in [2.05, 4.69) is 107 Å². The minimum atomic E-state index is -0.485. The Morgan fingerprint density at radius 2 is 1.10 bits per heavy atom. The second kappa shape index (κ2) is 11.8. The summed E-state index contributed by atoms with van der Waals surface area (Å²) in [5.41, 5.74) is 8.76. The molecular weight excluding hydrogens is 581 g/mol. The van der Waals surface area contributed by atoms with Gasteiger partial charge in [-0.2, -0.15) is 0 Å². The maximum Gasteiger partial charge on any atom is 0.0636 e. The molecule has 8 aromatic carbocycles. The highest BCUT2D eigenvalue weighted by molar-refractivity contribution is 6.17. The molecule has 0 N–H and O–H groups in total. The molecule has 2 nitrogen and oxygen atoms in total. The van der Waals surface area contributed by atoms with Gasteiger partial charge in [0.05, 0.1) is 26.3 Å². The molecule has 0 aliphatic rings. The van der Waals surface area contributed by atoms with Crippen LogP contribution in [0.5, 0.6) is 0 Å². The zero-order valence-electron chi connectivity index (χ0n) is 32.8. The Hall–Kier alpha value is -6.38. The van der Waals surface area contributed by atoms with Crippen LogP contribution in [0.15, 0.2) is 194 Å². The van der Waals surface area contributed by atoms with E-state index >= 15 is 0 Å². The van der Waals surface area contributed by atoms with Crippen molar-refractivity contribution in [1.29, 1.82) is 0 Å². The molecule has 9 rings (SSSR count). The Balaban J connectivity index is 1.23. The molecule has 9 aromatic rings. The van der Waals surface area contributed by atoms with Crippen LogP contribution >= 0.6 is 0 Å². The lowest BCUT2D eigenvalue weighted by molar-refractivity contribution is 1.18. The van der Waals surface area contributed by atoms with E-state index in [1.807, 2.05) is 54.6 Å². The molecule has 0 aliphatic heterocycles. The van der Waals surface area contributed by atoms with Gasteiger partial charge in [0, 0.05) is 33.4 Å². The molecule has 0 bridgehead atoms. The molecule has 0 radical (unpaired) electrons. The van der Waals surface area contributed by atoms with Gasteiger partial charge in [0.15, 0.2) is 0 Å². The first-order valence-corrected chi connectivity index (χ1v) is 15.9. The van der Waals surface area contributed by atoms with Gasteiger partial charge in [-0.15, -0.1) is 0 Å². The summed E-state index contributed by atoms with van der Waals surface area (Å²) in [6.45, 7) is 0. The summed E-state index contributed by atoms with van der Waals surface area (Å²) in [4.78, 5) is 2.18. The van der Waals surface area contributed by atoms with Gasteiger partial charge in [-0.05, 0) is 88.1 Å². The predicted molar refractivity (Wildman–Crippen MR) is 204 cm³/mol. The number of nitrogens with zero attached hydrogens (tertiary/aromatic N) is 2. The fourth-order valence-electron chi connectivity index (χ4n) is 6.70. The smallest absolute Gasteiger partial charge is 0.0636 e. The first kappa shape index (κ1) is 21.4. The molecule has 0 saturated heterocycles. The fraction of sp³-hybridized carbons (Fsp3) is 0. The number of fused-ring (bicyclic) bond motifs is 4. The number of hydrogen-bond acceptors (Lipinski definition) is 1. The summed E-state index contributed by atoms with van der Waals surface area (Å²) in [7, 11) is 0. The second-order valence-electron chi connectivity index (χ2n) is 11.6. The van der Waals surface area contributed by atoms with Crippen LogP contribution in [-0.2, 0) is 0 Å². The first-order valence-electron chi connectivity index (χ1n) is 19.4. The van der Waals surface area contributed by atoms with Crippen LogP contribution in [0, 0.1) is 0 Å². The lowest BCUT2D eigenvalue weighted by Gasteiger charge is -2.28. The van der Waals surface area contributed by atoms with E-state index in [1.54, 1.807) is 0 Å². The Kier molecular flexibility index (Phi) is 5.25. The summed E-state index contributed by atoms with van der Waals surface area (Å²) in [6, 6.07) is 48.7. The molecule has 0 fully saturated rings. The van der Waals surface area contributed by atoms with E-state index in [0.29, 0.717) is 5.56 Å². The maximum absolute atomic E-state index is 9.07. The normalized spacial score (nSPS) is 13.4. The Bertz CT molecular complexity index is 2940. The van der Waals surface area contributed by atoms with E-state index in [-0.39, 0.29) is 40.5 Å². The monoisotopic (exact) mass is 619 g/mol. The van der Waals surface area contributed by atoms with Crippen LogP contribution in [-0.4, -0.2) is 4.57 Å². The van der Waals surface area contributed by atoms with Crippen molar-refractivity contribution in [3.05, 3.63) is 194 Å². The van der Waals surface area contributed by atoms with Crippen molar-refractivity contribution in [2.75, 3.05) is 4.90 Å². The van der Waals surface area contributed by atoms with Gasteiger partial charge < -0.3 is 9.47 Å². The average Bonchev–Trinajstić information content (AvgIpc) is 3.57. The van der Waals surface area contributed by atoms with Crippen molar-refractivity contribution in [3.8, 4) is 27.9 Å². The lowest BCUT2D eigenvalue weighted by atomic mass is 9.96. The molecule has 1 heterocycles. The van der Waals surface area contributed by atoms with Gasteiger partial charge in [-0.1, -0.05) is 133 Å². The van der Waals surface area contributed by atoms with Crippen molar-refractivity contribution >= 4 is 49.6 Å². The van der Waals surface area contributed by atoms with E-state index in [1.165, 1.54) is 0 Å². The van der Waals surface area contributed by atoms with Crippen LogP contribution in [0.2, 0.25) is 0 Å². The zero-order valence-corrected chi connectivity index (χ0v) is 25.8. The van der Waals surface area contributed by atoms with Gasteiger partial charge >= 0.3 is 0 Å². The molecule has 226 valence electrons. The van der Waals surface area contributed by atoms with Gasteiger partial charge in [0.1, 0.15) is 0 Å². The molecule has 0 saturated carbocycles. The first-order chi connectivity index (χ1) is 26.8. The van der Waals surface area contributed by atoms with E-state index in [9.17, 15) is 0 Å². The Morgan fingerprint density at radius 3 is 1.94 bits per heavy atom. The molecule has 0 spiro atoms. The number of anilines is 3. The number of aromatic nitrogens is 1. The van der Waals surface area contributed by atoms with E-state index < -0.39 is 18.1 Å². The summed E-state index contributed by atoms with van der Waals surface area (Å²) in [5.74, 6) is 0. The molecule has 0 aliphatic carbocycles. The summed E-state index contributed by atoms with van der Waals surface area (Å²) >= 11 is 0. The topological polar surface area (TPSA) is 8.17 Å². The minimum absolute atomic E-state index is 0.0614. The molecular formula is C46H32N2. The minimum Gasteiger partial charge on any atom is -0.310 e. The third-order valence-electron chi connectivity index (χ3n) is 8.83. The third kappa shape index (κ3) is 4.74. The van der Waals surface area contributed by atoms with Gasteiger partial charge in [0.2, 0.25) is 0 Å². The molecule has 48 heavy (non-hydrogen) atoms. The van der Waals surface area contributed by atoms with Crippen LogP contribution in [0.3, 0.4) is 0 Å². The van der Waals surface area contributed by atoms with Gasteiger partial charge in [0.25, 0.3) is 0 Å². The van der Waals surface area contributed by atoms with Crippen LogP contribution in [0.1, 0.15) is 9.60 Å². The Labute approximate surface area is 290 Å². The van der Waals surface area contributed by atoms with Gasteiger partial charge in [-0.25, -0.2) is 0 Å². The summed E-state index contributed by atoms with van der Waals surface area (Å²) in [6.07, 6.45) is 0. The highest BCUT2D eigenvalue weighted by atomic mass is 15.1. The van der Waals surface area contributed by atoms with Gasteiger partial charge in [-0.3, -0.25) is 0 Å². The number of para-hydroxylation sites is 4. The van der Waals surface area contributed by atoms with Crippen molar-refractivity contribution < 1.29 is 9.60 Å². The third-order valence-corrected chi connectivity index (χ3v) is 8.83. The fourth-order valence-corrected chi connectivity index (χ4v) is 6.70. The molecule has 0 amide bonds. The largest absolute Gasteiger partial charge is 0.310 e. The van der Waals surface area contributed by atoms with Crippen molar-refractivity contribution in [1.82, 2.24) is 4.57 Å². The van der Waals surface area contributed by atoms with Crippen molar-refractivity contribution in [3.63, 3.8) is 0 Å². The average molecular weight is 620 g/mol. The van der Waals surface area contributed by atoms with Crippen molar-refractivity contribution in [2.24, 2.45) is 0 Å². The molecule has 1 aromatic heterocycles. The quantitative estimate of drug-likeness (QED) is 0.180. The highest BCUT2D eigenvalue weighted by Crippen LogP contribution is 2.45. The molecule has 2 heteroatoms. The molecule has 0 atom stereocenters. The second-order valence-corrected chi connectivity index (χ2v) is 11.6. The summed E-state index contributed by atoms with van der Waals surface area (Å²) < 4.78 is 62.3.